The Labute approximate surface area is 90.0 Å². The molecule has 3 N–H and O–H groups in total. The summed E-state index contributed by atoms with van der Waals surface area (Å²) in [5.41, 5.74) is 6.27. The Hall–Kier alpha value is -1.58. The molecule has 1 aromatic heterocycles. The highest BCUT2D eigenvalue weighted by molar-refractivity contribution is 5.79. The first kappa shape index (κ1) is 11.5. The molecule has 0 aliphatic heterocycles. The van der Waals surface area contributed by atoms with E-state index in [0.717, 1.165) is 5.56 Å². The molecule has 4 heteroatoms. The van der Waals surface area contributed by atoms with Crippen LogP contribution in [0, 0.1) is 11.3 Å². The molecule has 0 bridgehead atoms. The Bertz CT molecular complexity index is 336. The molecule has 0 aliphatic rings. The monoisotopic (exact) mass is 207 g/mol. The lowest BCUT2D eigenvalue weighted by Gasteiger charge is -2.08. The molecule has 15 heavy (non-hydrogen) atoms. The number of nitrogens with two attached hydrogens (primary N) is 1. The van der Waals surface area contributed by atoms with Crippen LogP contribution >= 0.6 is 0 Å². The van der Waals surface area contributed by atoms with E-state index in [2.05, 4.69) is 18.8 Å². The van der Waals surface area contributed by atoms with Gasteiger partial charge in [-0.05, 0) is 17.5 Å². The van der Waals surface area contributed by atoms with Gasteiger partial charge in [-0.25, -0.2) is 4.98 Å². The van der Waals surface area contributed by atoms with Gasteiger partial charge >= 0.3 is 0 Å². The number of nitrogens with one attached hydrogen (secondary N) is 1. The van der Waals surface area contributed by atoms with Crippen LogP contribution in [0.25, 0.3) is 0 Å². The van der Waals surface area contributed by atoms with Crippen LogP contribution in [0.15, 0.2) is 18.3 Å². The van der Waals surface area contributed by atoms with E-state index in [1.807, 2.05) is 12.1 Å². The number of rotatable bonds is 5. The second kappa shape index (κ2) is 5.34. The number of ether oxygens (including phenoxy) is 1. The second-order valence-corrected chi connectivity index (χ2v) is 3.91. The highest BCUT2D eigenvalue weighted by Crippen LogP contribution is 2.10. The van der Waals surface area contributed by atoms with Gasteiger partial charge in [0.1, 0.15) is 0 Å². The van der Waals surface area contributed by atoms with Gasteiger partial charge in [0.25, 0.3) is 0 Å². The molecule has 1 heterocycles. The Balaban J connectivity index is 2.61. The summed E-state index contributed by atoms with van der Waals surface area (Å²) >= 11 is 0. The van der Waals surface area contributed by atoms with Crippen molar-refractivity contribution in [3.8, 4) is 5.88 Å². The number of nitrogens with zero attached hydrogens (tertiary/aromatic N) is 1. The van der Waals surface area contributed by atoms with E-state index in [1.165, 1.54) is 0 Å². The van der Waals surface area contributed by atoms with Crippen molar-refractivity contribution in [1.29, 1.82) is 5.41 Å². The van der Waals surface area contributed by atoms with Crippen molar-refractivity contribution in [2.24, 2.45) is 11.7 Å². The minimum atomic E-state index is 0.149. The Kier molecular flexibility index (Phi) is 4.09. The molecule has 0 aliphatic carbocycles. The van der Waals surface area contributed by atoms with Crippen molar-refractivity contribution >= 4 is 5.84 Å². The van der Waals surface area contributed by atoms with Gasteiger partial charge in [-0.3, -0.25) is 5.41 Å². The average Bonchev–Trinajstić information content (AvgIpc) is 2.14. The van der Waals surface area contributed by atoms with Gasteiger partial charge in [0.2, 0.25) is 5.88 Å². The third kappa shape index (κ3) is 4.44. The van der Waals surface area contributed by atoms with Gasteiger partial charge in [-0.1, -0.05) is 13.8 Å². The van der Waals surface area contributed by atoms with E-state index in [4.69, 9.17) is 15.9 Å². The van der Waals surface area contributed by atoms with E-state index in [9.17, 15) is 0 Å². The minimum absolute atomic E-state index is 0.149. The quantitative estimate of drug-likeness (QED) is 0.569. The van der Waals surface area contributed by atoms with Gasteiger partial charge in [0.05, 0.1) is 12.4 Å². The van der Waals surface area contributed by atoms with Crippen molar-refractivity contribution in [3.63, 3.8) is 0 Å². The van der Waals surface area contributed by atoms with E-state index in [0.29, 0.717) is 24.8 Å². The Morgan fingerprint density at radius 1 is 1.60 bits per heavy atom. The largest absolute Gasteiger partial charge is 0.477 e. The zero-order valence-corrected chi connectivity index (χ0v) is 9.16. The normalized spacial score (nSPS) is 10.3. The summed E-state index contributed by atoms with van der Waals surface area (Å²) in [6.45, 7) is 4.81. The lowest BCUT2D eigenvalue weighted by molar-refractivity contribution is 0.261. The molecule has 4 nitrogen and oxygen atoms in total. The Morgan fingerprint density at radius 2 is 2.33 bits per heavy atom. The average molecular weight is 207 g/mol. The molecule has 0 amide bonds. The summed E-state index contributed by atoms with van der Waals surface area (Å²) in [6, 6.07) is 3.66. The number of hydrogen-bond acceptors (Lipinski definition) is 3. The van der Waals surface area contributed by atoms with Gasteiger partial charge in [0, 0.05) is 18.7 Å². The van der Waals surface area contributed by atoms with Crippen LogP contribution in [0.2, 0.25) is 0 Å². The van der Waals surface area contributed by atoms with Crippen molar-refractivity contribution in [1.82, 2.24) is 4.98 Å². The minimum Gasteiger partial charge on any atom is -0.477 e. The lowest BCUT2D eigenvalue weighted by Crippen LogP contribution is -2.13. The van der Waals surface area contributed by atoms with Gasteiger partial charge < -0.3 is 10.5 Å². The topological polar surface area (TPSA) is 72.0 Å². The molecule has 0 aromatic carbocycles. The fraction of sp³-hybridized carbons (Fsp3) is 0.455. The van der Waals surface area contributed by atoms with Crippen molar-refractivity contribution in [2.45, 2.75) is 20.3 Å². The molecule has 0 atom stereocenters. The van der Waals surface area contributed by atoms with Crippen LogP contribution in [0.5, 0.6) is 5.88 Å². The van der Waals surface area contributed by atoms with Crippen LogP contribution in [0.1, 0.15) is 19.4 Å². The second-order valence-electron chi connectivity index (χ2n) is 3.91. The molecule has 0 saturated carbocycles. The molecule has 0 saturated heterocycles. The van der Waals surface area contributed by atoms with E-state index in [1.54, 1.807) is 6.20 Å². The van der Waals surface area contributed by atoms with Crippen molar-refractivity contribution in [3.05, 3.63) is 23.9 Å². The van der Waals surface area contributed by atoms with Crippen molar-refractivity contribution in [2.75, 3.05) is 6.61 Å². The molecular weight excluding hydrogens is 190 g/mol. The maximum atomic E-state index is 7.19. The maximum Gasteiger partial charge on any atom is 0.213 e. The Morgan fingerprint density at radius 3 is 2.93 bits per heavy atom. The fourth-order valence-electron chi connectivity index (χ4n) is 1.11. The summed E-state index contributed by atoms with van der Waals surface area (Å²) in [4.78, 5) is 4.09. The van der Waals surface area contributed by atoms with E-state index >= 15 is 0 Å². The molecule has 0 unspecified atom stereocenters. The number of hydrogen-bond donors (Lipinski definition) is 2. The zero-order chi connectivity index (χ0) is 11.3. The standard InChI is InChI=1S/C11H17N3O/c1-8(2)7-15-11-6-9(3-4-14-11)5-10(12)13/h3-4,6,8H,5,7H2,1-2H3,(H3,12,13). The number of amidine groups is 1. The molecule has 1 aromatic rings. The number of aromatic nitrogens is 1. The summed E-state index contributed by atoms with van der Waals surface area (Å²) in [5.74, 6) is 1.22. The first-order chi connectivity index (χ1) is 7.08. The predicted molar refractivity (Wildman–Crippen MR) is 60.2 cm³/mol. The van der Waals surface area contributed by atoms with Crippen LogP contribution in [-0.4, -0.2) is 17.4 Å². The van der Waals surface area contributed by atoms with Crippen LogP contribution in [-0.2, 0) is 6.42 Å². The third-order valence-corrected chi connectivity index (χ3v) is 1.76. The molecule has 0 spiro atoms. The summed E-state index contributed by atoms with van der Waals surface area (Å²) in [5, 5.41) is 7.19. The van der Waals surface area contributed by atoms with Gasteiger partial charge in [0.15, 0.2) is 0 Å². The molecule has 0 fully saturated rings. The SMILES string of the molecule is CC(C)COc1cc(CC(=N)N)ccn1. The number of pyridine rings is 1. The first-order valence-corrected chi connectivity index (χ1v) is 4.98. The van der Waals surface area contributed by atoms with E-state index < -0.39 is 0 Å². The van der Waals surface area contributed by atoms with Gasteiger partial charge in [-0.2, -0.15) is 0 Å². The smallest absolute Gasteiger partial charge is 0.213 e. The summed E-state index contributed by atoms with van der Waals surface area (Å²) in [6.07, 6.45) is 2.12. The first-order valence-electron chi connectivity index (χ1n) is 4.98. The van der Waals surface area contributed by atoms with Crippen LogP contribution in [0.4, 0.5) is 0 Å². The summed E-state index contributed by atoms with van der Waals surface area (Å²) < 4.78 is 5.47. The highest BCUT2D eigenvalue weighted by Gasteiger charge is 2.01. The van der Waals surface area contributed by atoms with E-state index in [-0.39, 0.29) is 5.84 Å². The zero-order valence-electron chi connectivity index (χ0n) is 9.16. The van der Waals surface area contributed by atoms with Crippen molar-refractivity contribution < 1.29 is 4.74 Å². The van der Waals surface area contributed by atoms with Crippen LogP contribution in [0.3, 0.4) is 0 Å². The molecule has 1 rings (SSSR count). The maximum absolute atomic E-state index is 7.19. The molecule has 82 valence electrons. The third-order valence-electron chi connectivity index (χ3n) is 1.76. The fourth-order valence-corrected chi connectivity index (χ4v) is 1.11. The summed E-state index contributed by atoms with van der Waals surface area (Å²) in [7, 11) is 0. The molecule has 0 radical (unpaired) electrons. The molecular formula is C11H17N3O. The predicted octanol–water partition coefficient (Wildman–Crippen LogP) is 1.59. The van der Waals surface area contributed by atoms with Crippen LogP contribution < -0.4 is 10.5 Å². The van der Waals surface area contributed by atoms with Gasteiger partial charge in [-0.15, -0.1) is 0 Å². The highest BCUT2D eigenvalue weighted by atomic mass is 16.5. The lowest BCUT2D eigenvalue weighted by atomic mass is 10.2.